The van der Waals surface area contributed by atoms with Gasteiger partial charge in [0.05, 0.1) is 5.57 Å². The van der Waals surface area contributed by atoms with Crippen molar-refractivity contribution in [2.24, 2.45) is 14.1 Å². The third-order valence-electron chi connectivity index (χ3n) is 4.22. The van der Waals surface area contributed by atoms with Crippen molar-refractivity contribution in [1.82, 2.24) is 9.13 Å². The van der Waals surface area contributed by atoms with Crippen molar-refractivity contribution < 1.29 is 19.1 Å². The van der Waals surface area contributed by atoms with E-state index in [1.807, 2.05) is 6.07 Å². The molecular formula is C18H17N3O6. The first kappa shape index (κ1) is 18.2. The van der Waals surface area contributed by atoms with E-state index in [0.29, 0.717) is 5.75 Å². The van der Waals surface area contributed by atoms with Gasteiger partial charge in [-0.3, -0.25) is 18.7 Å². The second-order valence-corrected chi connectivity index (χ2v) is 5.96. The lowest BCUT2D eigenvalue weighted by molar-refractivity contribution is -0.138. The molecule has 0 bridgehead atoms. The Morgan fingerprint density at radius 2 is 1.89 bits per heavy atom. The SMILES string of the molecule is Cn1c(N)c(C(=O)COC(=O)C2=Cc3ccccc3OC2)c(=O)n(C)c1=O. The molecule has 2 heterocycles. The van der Waals surface area contributed by atoms with Crippen LogP contribution >= 0.6 is 0 Å². The van der Waals surface area contributed by atoms with E-state index in [2.05, 4.69) is 0 Å². The summed E-state index contributed by atoms with van der Waals surface area (Å²) in [4.78, 5) is 48.5. The fourth-order valence-corrected chi connectivity index (χ4v) is 2.65. The molecule has 0 amide bonds. The van der Waals surface area contributed by atoms with Gasteiger partial charge in [0.25, 0.3) is 5.56 Å². The van der Waals surface area contributed by atoms with Gasteiger partial charge in [0.15, 0.2) is 6.61 Å². The Balaban J connectivity index is 1.78. The van der Waals surface area contributed by atoms with E-state index in [1.54, 1.807) is 24.3 Å². The lowest BCUT2D eigenvalue weighted by Gasteiger charge is -2.17. The molecule has 0 aliphatic carbocycles. The fraction of sp³-hybridized carbons (Fsp3) is 0.222. The number of hydrogen-bond acceptors (Lipinski definition) is 7. The number of benzene rings is 1. The van der Waals surface area contributed by atoms with Crippen LogP contribution in [0.5, 0.6) is 5.75 Å². The van der Waals surface area contributed by atoms with Crippen molar-refractivity contribution in [1.29, 1.82) is 0 Å². The molecule has 0 atom stereocenters. The summed E-state index contributed by atoms with van der Waals surface area (Å²) in [6, 6.07) is 7.17. The molecule has 0 spiro atoms. The highest BCUT2D eigenvalue weighted by atomic mass is 16.5. The summed E-state index contributed by atoms with van der Waals surface area (Å²) in [6.07, 6.45) is 1.62. The maximum absolute atomic E-state index is 12.4. The summed E-state index contributed by atoms with van der Waals surface area (Å²) in [5, 5.41) is 0. The average molecular weight is 371 g/mol. The summed E-state index contributed by atoms with van der Waals surface area (Å²) in [5.41, 5.74) is 4.78. The number of nitrogen functional groups attached to an aromatic ring is 1. The quantitative estimate of drug-likeness (QED) is 0.586. The van der Waals surface area contributed by atoms with Crippen LogP contribution in [0.3, 0.4) is 0 Å². The van der Waals surface area contributed by atoms with Crippen LogP contribution in [0.25, 0.3) is 6.08 Å². The molecule has 0 saturated carbocycles. The number of aromatic nitrogens is 2. The molecule has 1 aliphatic rings. The Hall–Kier alpha value is -3.62. The van der Waals surface area contributed by atoms with E-state index >= 15 is 0 Å². The first-order chi connectivity index (χ1) is 12.8. The van der Waals surface area contributed by atoms with E-state index in [0.717, 1.165) is 14.7 Å². The van der Waals surface area contributed by atoms with Crippen molar-refractivity contribution in [3.63, 3.8) is 0 Å². The number of carbonyl (C=O) groups is 2. The van der Waals surface area contributed by atoms with Gasteiger partial charge in [-0.25, -0.2) is 9.59 Å². The fourth-order valence-electron chi connectivity index (χ4n) is 2.65. The number of nitrogens with two attached hydrogens (primary N) is 1. The minimum atomic E-state index is -0.842. The summed E-state index contributed by atoms with van der Waals surface area (Å²) >= 11 is 0. The van der Waals surface area contributed by atoms with Crippen LogP contribution in [0, 0.1) is 0 Å². The van der Waals surface area contributed by atoms with Crippen molar-refractivity contribution in [2.45, 2.75) is 0 Å². The lowest BCUT2D eigenvalue weighted by Crippen LogP contribution is -2.42. The molecule has 3 rings (SSSR count). The van der Waals surface area contributed by atoms with Crippen LogP contribution in [0.4, 0.5) is 5.82 Å². The van der Waals surface area contributed by atoms with Crippen LogP contribution < -0.4 is 21.7 Å². The molecule has 1 aliphatic heterocycles. The molecular weight excluding hydrogens is 354 g/mol. The number of hydrogen-bond donors (Lipinski definition) is 1. The largest absolute Gasteiger partial charge is 0.488 e. The van der Waals surface area contributed by atoms with Gasteiger partial charge in [0.2, 0.25) is 5.78 Å². The minimum Gasteiger partial charge on any atom is -0.488 e. The first-order valence-electron chi connectivity index (χ1n) is 7.99. The van der Waals surface area contributed by atoms with Gasteiger partial charge < -0.3 is 15.2 Å². The molecule has 0 fully saturated rings. The van der Waals surface area contributed by atoms with Gasteiger partial charge in [-0.15, -0.1) is 0 Å². The first-order valence-corrected chi connectivity index (χ1v) is 7.99. The van der Waals surface area contributed by atoms with Crippen molar-refractivity contribution in [3.05, 3.63) is 61.8 Å². The number of esters is 1. The van der Waals surface area contributed by atoms with Gasteiger partial charge >= 0.3 is 11.7 Å². The van der Waals surface area contributed by atoms with Gasteiger partial charge in [-0.2, -0.15) is 0 Å². The lowest BCUT2D eigenvalue weighted by atomic mass is 10.1. The second kappa shape index (κ2) is 6.94. The summed E-state index contributed by atoms with van der Waals surface area (Å²) in [5.74, 6) is -1.17. The maximum atomic E-state index is 12.4. The van der Waals surface area contributed by atoms with Crippen LogP contribution in [0.15, 0.2) is 39.4 Å². The standard InChI is InChI=1S/C18H17N3O6/c1-20-15(19)14(16(23)21(2)18(20)25)12(22)9-27-17(24)11-7-10-5-3-4-6-13(10)26-8-11/h3-7H,8-9,19H2,1-2H3. The van der Waals surface area contributed by atoms with Crippen molar-refractivity contribution in [2.75, 3.05) is 18.9 Å². The highest BCUT2D eigenvalue weighted by Crippen LogP contribution is 2.26. The predicted octanol–water partition coefficient (Wildman–Crippen LogP) is -0.132. The number of ether oxygens (including phenoxy) is 2. The Morgan fingerprint density at radius 1 is 1.19 bits per heavy atom. The number of carbonyl (C=O) groups excluding carboxylic acids is 2. The van der Waals surface area contributed by atoms with E-state index in [4.69, 9.17) is 15.2 Å². The number of para-hydroxylation sites is 1. The van der Waals surface area contributed by atoms with E-state index in [1.165, 1.54) is 14.1 Å². The molecule has 9 heteroatoms. The van der Waals surface area contributed by atoms with Crippen LogP contribution in [0.1, 0.15) is 15.9 Å². The highest BCUT2D eigenvalue weighted by molar-refractivity contribution is 6.03. The van der Waals surface area contributed by atoms with Gasteiger partial charge in [0, 0.05) is 19.7 Å². The number of anilines is 1. The van der Waals surface area contributed by atoms with Crippen molar-refractivity contribution >= 4 is 23.6 Å². The number of rotatable bonds is 4. The van der Waals surface area contributed by atoms with Gasteiger partial charge in [-0.05, 0) is 12.1 Å². The molecule has 0 unspecified atom stereocenters. The number of nitrogens with zero attached hydrogens (tertiary/aromatic N) is 2. The summed E-state index contributed by atoms with van der Waals surface area (Å²) in [6.45, 7) is -0.677. The Morgan fingerprint density at radius 3 is 2.63 bits per heavy atom. The molecule has 2 N–H and O–H groups in total. The molecule has 1 aromatic heterocycles. The minimum absolute atomic E-state index is 0.00772. The average Bonchev–Trinajstić information content (AvgIpc) is 2.68. The summed E-state index contributed by atoms with van der Waals surface area (Å²) < 4.78 is 12.2. The van der Waals surface area contributed by atoms with Gasteiger partial charge in [0.1, 0.15) is 23.7 Å². The predicted molar refractivity (Wildman–Crippen MR) is 96.5 cm³/mol. The summed E-state index contributed by atoms with van der Waals surface area (Å²) in [7, 11) is 2.57. The third kappa shape index (κ3) is 3.26. The zero-order valence-corrected chi connectivity index (χ0v) is 14.7. The topological polar surface area (TPSA) is 123 Å². The monoisotopic (exact) mass is 371 g/mol. The molecule has 0 radical (unpaired) electrons. The molecule has 0 saturated heterocycles. The normalized spacial score (nSPS) is 12.6. The van der Waals surface area contributed by atoms with Gasteiger partial charge in [-0.1, -0.05) is 18.2 Å². The van der Waals surface area contributed by atoms with E-state index < -0.39 is 35.2 Å². The molecule has 140 valence electrons. The number of fused-ring (bicyclic) bond motifs is 1. The molecule has 1 aromatic carbocycles. The molecule has 27 heavy (non-hydrogen) atoms. The smallest absolute Gasteiger partial charge is 0.337 e. The number of Topliss-reactive ketones (excluding diaryl/α,β-unsaturated/α-hetero) is 1. The van der Waals surface area contributed by atoms with Crippen LogP contribution in [-0.4, -0.2) is 34.1 Å². The molecule has 2 aromatic rings. The third-order valence-corrected chi connectivity index (χ3v) is 4.22. The van der Waals surface area contributed by atoms with Crippen LogP contribution in [0.2, 0.25) is 0 Å². The Labute approximate surface area is 153 Å². The van der Waals surface area contributed by atoms with E-state index in [-0.39, 0.29) is 18.0 Å². The Bertz CT molecular complexity index is 1090. The zero-order valence-electron chi connectivity index (χ0n) is 14.7. The highest BCUT2D eigenvalue weighted by Gasteiger charge is 2.23. The molecule has 9 nitrogen and oxygen atoms in total. The van der Waals surface area contributed by atoms with E-state index in [9.17, 15) is 19.2 Å². The zero-order chi connectivity index (χ0) is 19.7. The maximum Gasteiger partial charge on any atom is 0.337 e. The van der Waals surface area contributed by atoms with Crippen molar-refractivity contribution in [3.8, 4) is 5.75 Å². The van der Waals surface area contributed by atoms with Crippen LogP contribution in [-0.2, 0) is 23.6 Å². The Kier molecular flexibility index (Phi) is 4.68. The second-order valence-electron chi connectivity index (χ2n) is 5.96. The number of ketones is 1.